The predicted molar refractivity (Wildman–Crippen MR) is 127 cm³/mol. The van der Waals surface area contributed by atoms with E-state index in [1.54, 1.807) is 14.2 Å². The van der Waals surface area contributed by atoms with Gasteiger partial charge in [-0.3, -0.25) is 4.79 Å². The van der Waals surface area contributed by atoms with Gasteiger partial charge in [0.2, 0.25) is 0 Å². The summed E-state index contributed by atoms with van der Waals surface area (Å²) >= 11 is 6.15. The lowest BCUT2D eigenvalue weighted by Gasteiger charge is -2.29. The molecule has 0 radical (unpaired) electrons. The number of amides is 1. The summed E-state index contributed by atoms with van der Waals surface area (Å²) in [5, 5.41) is 1.70. The summed E-state index contributed by atoms with van der Waals surface area (Å²) in [6.07, 6.45) is 0.778. The number of aromatic amines is 1. The van der Waals surface area contributed by atoms with Gasteiger partial charge in [-0.25, -0.2) is 0 Å². The van der Waals surface area contributed by atoms with Crippen molar-refractivity contribution in [2.75, 3.05) is 20.8 Å². The Bertz CT molecular complexity index is 1330. The number of nitrogens with one attached hydrogen (secondary N) is 1. The van der Waals surface area contributed by atoms with Gasteiger partial charge < -0.3 is 19.4 Å². The summed E-state index contributed by atoms with van der Waals surface area (Å²) in [7, 11) is 3.26. The minimum Gasteiger partial charge on any atom is -0.493 e. The zero-order chi connectivity index (χ0) is 22.2. The quantitative estimate of drug-likeness (QED) is 0.437. The van der Waals surface area contributed by atoms with Gasteiger partial charge in [-0.2, -0.15) is 0 Å². The summed E-state index contributed by atoms with van der Waals surface area (Å²) in [6.45, 7) is 1.20. The number of carbonyl (C=O) groups excluding carboxylic acids is 1. The van der Waals surface area contributed by atoms with Crippen molar-refractivity contribution in [2.45, 2.75) is 13.0 Å². The standard InChI is InChI=1S/C26H23ClN2O3/c1-31-24-13-18-8-9-29(15-20(18)14-25(24)32-2)26(30)23-12-19-10-17(6-7-22(19)28-23)16-4-3-5-21(27)11-16/h3-7,10-14,28H,8-9,15H2,1-2H3. The maximum atomic E-state index is 13.3. The van der Waals surface area contributed by atoms with E-state index in [0.29, 0.717) is 29.6 Å². The lowest BCUT2D eigenvalue weighted by molar-refractivity contribution is 0.0729. The number of hydrogen-bond donors (Lipinski definition) is 1. The average molecular weight is 447 g/mol. The number of benzene rings is 3. The molecule has 1 aromatic heterocycles. The Labute approximate surface area is 191 Å². The highest BCUT2D eigenvalue weighted by Gasteiger charge is 2.24. The van der Waals surface area contributed by atoms with Crippen molar-refractivity contribution < 1.29 is 14.3 Å². The van der Waals surface area contributed by atoms with Crippen molar-refractivity contribution in [1.82, 2.24) is 9.88 Å². The third kappa shape index (κ3) is 3.69. The summed E-state index contributed by atoms with van der Waals surface area (Å²) < 4.78 is 10.8. The van der Waals surface area contributed by atoms with Crippen molar-refractivity contribution in [1.29, 1.82) is 0 Å². The van der Waals surface area contributed by atoms with E-state index in [1.807, 2.05) is 59.5 Å². The van der Waals surface area contributed by atoms with Crippen LogP contribution in [0.25, 0.3) is 22.0 Å². The number of methoxy groups -OCH3 is 2. The Morgan fingerprint density at radius 1 is 0.938 bits per heavy atom. The lowest BCUT2D eigenvalue weighted by atomic mass is 9.98. The molecule has 1 amide bonds. The Kier molecular flexibility index (Phi) is 5.27. The Morgan fingerprint density at radius 2 is 1.69 bits per heavy atom. The second-order valence-electron chi connectivity index (χ2n) is 7.95. The van der Waals surface area contributed by atoms with Gasteiger partial charge in [-0.15, -0.1) is 0 Å². The van der Waals surface area contributed by atoms with Crippen LogP contribution < -0.4 is 9.47 Å². The zero-order valence-corrected chi connectivity index (χ0v) is 18.7. The van der Waals surface area contributed by atoms with E-state index in [-0.39, 0.29) is 5.91 Å². The second kappa shape index (κ2) is 8.24. The molecule has 2 heterocycles. The molecule has 0 atom stereocenters. The van der Waals surface area contributed by atoms with Crippen LogP contribution in [0.1, 0.15) is 21.6 Å². The average Bonchev–Trinajstić information content (AvgIpc) is 3.25. The molecule has 0 aliphatic carbocycles. The highest BCUT2D eigenvalue weighted by atomic mass is 35.5. The first-order chi connectivity index (χ1) is 15.6. The highest BCUT2D eigenvalue weighted by molar-refractivity contribution is 6.30. The van der Waals surface area contributed by atoms with Gasteiger partial charge >= 0.3 is 0 Å². The van der Waals surface area contributed by atoms with Gasteiger partial charge in [0.25, 0.3) is 5.91 Å². The third-order valence-electron chi connectivity index (χ3n) is 6.01. The summed E-state index contributed by atoms with van der Waals surface area (Å²) in [4.78, 5) is 18.4. The van der Waals surface area contributed by atoms with Gasteiger partial charge in [0.15, 0.2) is 11.5 Å². The smallest absolute Gasteiger partial charge is 0.270 e. The maximum Gasteiger partial charge on any atom is 0.270 e. The molecule has 0 fully saturated rings. The molecule has 4 aromatic rings. The van der Waals surface area contributed by atoms with Crippen molar-refractivity contribution in [3.63, 3.8) is 0 Å². The first-order valence-electron chi connectivity index (χ1n) is 10.5. The number of hydrogen-bond acceptors (Lipinski definition) is 3. The number of nitrogens with zero attached hydrogens (tertiary/aromatic N) is 1. The van der Waals surface area contributed by atoms with Crippen LogP contribution in [0.15, 0.2) is 60.7 Å². The molecule has 1 aliphatic rings. The first-order valence-corrected chi connectivity index (χ1v) is 10.9. The Morgan fingerprint density at radius 3 is 2.44 bits per heavy atom. The number of ether oxygens (including phenoxy) is 2. The molecule has 1 N–H and O–H groups in total. The SMILES string of the molecule is COc1cc2c(cc1OC)CN(C(=O)c1cc3cc(-c4cccc(Cl)c4)ccc3[nH]1)CC2. The van der Waals surface area contributed by atoms with E-state index in [1.165, 1.54) is 5.56 Å². The van der Waals surface area contributed by atoms with Crippen molar-refractivity contribution in [2.24, 2.45) is 0 Å². The largest absolute Gasteiger partial charge is 0.493 e. The van der Waals surface area contributed by atoms with E-state index in [4.69, 9.17) is 21.1 Å². The third-order valence-corrected chi connectivity index (χ3v) is 6.25. The minimum absolute atomic E-state index is 0.00839. The van der Waals surface area contributed by atoms with Gasteiger partial charge in [-0.1, -0.05) is 29.8 Å². The van der Waals surface area contributed by atoms with Crippen LogP contribution in [0.2, 0.25) is 5.02 Å². The molecular formula is C26H23ClN2O3. The fourth-order valence-corrected chi connectivity index (χ4v) is 4.51. The molecule has 0 bridgehead atoms. The van der Waals surface area contributed by atoms with Crippen molar-refractivity contribution >= 4 is 28.4 Å². The van der Waals surface area contributed by atoms with Crippen LogP contribution in [0.4, 0.5) is 0 Å². The minimum atomic E-state index is -0.00839. The molecule has 5 rings (SSSR count). The lowest BCUT2D eigenvalue weighted by Crippen LogP contribution is -2.36. The van der Waals surface area contributed by atoms with Crippen molar-refractivity contribution in [3.8, 4) is 22.6 Å². The van der Waals surface area contributed by atoms with Gasteiger partial charge in [0, 0.05) is 29.0 Å². The van der Waals surface area contributed by atoms with Gasteiger partial charge in [0.05, 0.1) is 14.2 Å². The molecule has 0 saturated carbocycles. The molecule has 6 heteroatoms. The van der Waals surface area contributed by atoms with Crippen LogP contribution in [0.3, 0.4) is 0 Å². The number of carbonyl (C=O) groups is 1. The monoisotopic (exact) mass is 446 g/mol. The predicted octanol–water partition coefficient (Wildman–Crippen LogP) is 5.70. The van der Waals surface area contributed by atoms with Crippen molar-refractivity contribution in [3.05, 3.63) is 82.5 Å². The molecule has 0 spiro atoms. The van der Waals surface area contributed by atoms with E-state index < -0.39 is 0 Å². The summed E-state index contributed by atoms with van der Waals surface area (Å²) in [5.74, 6) is 1.39. The van der Waals surface area contributed by atoms with E-state index in [9.17, 15) is 4.79 Å². The molecule has 0 saturated heterocycles. The maximum absolute atomic E-state index is 13.3. The van der Waals surface area contributed by atoms with Gasteiger partial charge in [0.1, 0.15) is 5.69 Å². The molecular weight excluding hydrogens is 424 g/mol. The summed E-state index contributed by atoms with van der Waals surface area (Å²) in [5.41, 5.74) is 5.91. The zero-order valence-electron chi connectivity index (χ0n) is 17.9. The number of H-pyrrole nitrogens is 1. The highest BCUT2D eigenvalue weighted by Crippen LogP contribution is 2.34. The molecule has 0 unspecified atom stereocenters. The second-order valence-corrected chi connectivity index (χ2v) is 8.38. The summed E-state index contributed by atoms with van der Waals surface area (Å²) in [6, 6.07) is 19.8. The Hall–Kier alpha value is -3.44. The number of fused-ring (bicyclic) bond motifs is 2. The molecule has 32 heavy (non-hydrogen) atoms. The molecule has 5 nitrogen and oxygen atoms in total. The van der Waals surface area contributed by atoms with Crippen LogP contribution in [0.5, 0.6) is 11.5 Å². The Balaban J connectivity index is 1.41. The molecule has 1 aliphatic heterocycles. The van der Waals surface area contributed by atoms with Crippen LogP contribution in [-0.2, 0) is 13.0 Å². The van der Waals surface area contributed by atoms with E-state index in [2.05, 4.69) is 11.1 Å². The number of aromatic nitrogens is 1. The first kappa shape index (κ1) is 20.5. The van der Waals surface area contributed by atoms with Crippen LogP contribution in [0, 0.1) is 0 Å². The molecule has 162 valence electrons. The fraction of sp³-hybridized carbons (Fsp3) is 0.192. The molecule has 3 aromatic carbocycles. The fourth-order valence-electron chi connectivity index (χ4n) is 4.32. The van der Waals surface area contributed by atoms with Crippen LogP contribution in [-0.4, -0.2) is 36.6 Å². The number of rotatable bonds is 4. The van der Waals surface area contributed by atoms with E-state index >= 15 is 0 Å². The van der Waals surface area contributed by atoms with Crippen LogP contribution >= 0.6 is 11.6 Å². The van der Waals surface area contributed by atoms with E-state index in [0.717, 1.165) is 39.8 Å². The van der Waals surface area contributed by atoms with Gasteiger partial charge in [-0.05, 0) is 71.1 Å². The topological polar surface area (TPSA) is 54.6 Å². The number of halogens is 1. The normalized spacial score (nSPS) is 13.2.